The molecule has 1 N–H and O–H groups in total. The van der Waals surface area contributed by atoms with Crippen LogP contribution < -0.4 is 5.32 Å². The van der Waals surface area contributed by atoms with E-state index in [1.54, 1.807) is 18.2 Å². The Morgan fingerprint density at radius 1 is 1.06 bits per heavy atom. The minimum absolute atomic E-state index is 0.0774. The first-order valence-corrected chi connectivity index (χ1v) is 6.58. The summed E-state index contributed by atoms with van der Waals surface area (Å²) in [5.74, 6) is -2.18. The van der Waals surface area contributed by atoms with Gasteiger partial charge in [-0.15, -0.1) is 0 Å². The molecule has 0 aromatic heterocycles. The van der Waals surface area contributed by atoms with E-state index in [-0.39, 0.29) is 18.2 Å². The molecule has 1 aromatic carbocycles. The van der Waals surface area contributed by atoms with Gasteiger partial charge in [0.25, 0.3) is 5.92 Å². The number of hydrogen-bond donors (Lipinski definition) is 1. The molecule has 18 heavy (non-hydrogen) atoms. The van der Waals surface area contributed by atoms with Gasteiger partial charge in [0.15, 0.2) is 0 Å². The van der Waals surface area contributed by atoms with E-state index < -0.39 is 5.92 Å². The Kier molecular flexibility index (Phi) is 5.73. The fraction of sp³-hybridized carbons (Fsp3) is 0.600. The first-order valence-electron chi connectivity index (χ1n) is 6.58. The molecule has 0 aliphatic heterocycles. The molecule has 0 aliphatic rings. The van der Waals surface area contributed by atoms with Crippen LogP contribution in [0.5, 0.6) is 0 Å². The third-order valence-corrected chi connectivity index (χ3v) is 3.05. The van der Waals surface area contributed by atoms with E-state index in [0.29, 0.717) is 5.92 Å². The zero-order valence-electron chi connectivity index (χ0n) is 11.4. The van der Waals surface area contributed by atoms with Crippen molar-refractivity contribution < 1.29 is 8.78 Å². The monoisotopic (exact) mass is 255 g/mol. The molecule has 1 atom stereocenters. The van der Waals surface area contributed by atoms with Crippen LogP contribution in [-0.4, -0.2) is 12.6 Å². The second-order valence-electron chi connectivity index (χ2n) is 5.32. The standard InChI is InChI=1S/C15H23F2N/c1-12(2)9-10-13(3)18-11-15(16,17)14-7-5-4-6-8-14/h4-8,12-13,18H,9-11H2,1-3H3. The van der Waals surface area contributed by atoms with Crippen LogP contribution in [0.1, 0.15) is 39.2 Å². The van der Waals surface area contributed by atoms with Crippen molar-refractivity contribution in [1.82, 2.24) is 5.32 Å². The van der Waals surface area contributed by atoms with Crippen LogP contribution in [0.3, 0.4) is 0 Å². The van der Waals surface area contributed by atoms with Crippen molar-refractivity contribution in [3.05, 3.63) is 35.9 Å². The van der Waals surface area contributed by atoms with Gasteiger partial charge in [0.1, 0.15) is 0 Å². The van der Waals surface area contributed by atoms with Crippen LogP contribution in [0.15, 0.2) is 30.3 Å². The fourth-order valence-electron chi connectivity index (χ4n) is 1.77. The first-order chi connectivity index (χ1) is 8.42. The molecular weight excluding hydrogens is 232 g/mol. The summed E-state index contributed by atoms with van der Waals surface area (Å²) < 4.78 is 27.7. The van der Waals surface area contributed by atoms with Crippen LogP contribution in [-0.2, 0) is 5.92 Å². The molecule has 0 spiro atoms. The van der Waals surface area contributed by atoms with E-state index in [0.717, 1.165) is 12.8 Å². The van der Waals surface area contributed by atoms with Crippen LogP contribution >= 0.6 is 0 Å². The second kappa shape index (κ2) is 6.83. The first kappa shape index (κ1) is 15.1. The molecule has 1 aromatic rings. The molecule has 0 radical (unpaired) electrons. The average molecular weight is 255 g/mol. The molecule has 0 aliphatic carbocycles. The highest BCUT2D eigenvalue weighted by atomic mass is 19.3. The van der Waals surface area contributed by atoms with Gasteiger partial charge in [0, 0.05) is 11.6 Å². The third-order valence-electron chi connectivity index (χ3n) is 3.05. The van der Waals surface area contributed by atoms with Crippen LogP contribution in [0.25, 0.3) is 0 Å². The largest absolute Gasteiger partial charge is 0.308 e. The number of hydrogen-bond acceptors (Lipinski definition) is 1. The van der Waals surface area contributed by atoms with Crippen molar-refractivity contribution >= 4 is 0 Å². The third kappa shape index (κ3) is 5.13. The van der Waals surface area contributed by atoms with Gasteiger partial charge in [-0.1, -0.05) is 44.2 Å². The number of nitrogens with one attached hydrogen (secondary N) is 1. The Morgan fingerprint density at radius 2 is 1.67 bits per heavy atom. The fourth-order valence-corrected chi connectivity index (χ4v) is 1.77. The zero-order valence-corrected chi connectivity index (χ0v) is 11.4. The van der Waals surface area contributed by atoms with Crippen LogP contribution in [0, 0.1) is 5.92 Å². The maximum atomic E-state index is 13.9. The van der Waals surface area contributed by atoms with Gasteiger partial charge in [0.05, 0.1) is 6.54 Å². The molecule has 1 unspecified atom stereocenters. The summed E-state index contributed by atoms with van der Waals surface area (Å²) in [5.41, 5.74) is 0.0774. The van der Waals surface area contributed by atoms with Crippen molar-refractivity contribution in [2.24, 2.45) is 5.92 Å². The second-order valence-corrected chi connectivity index (χ2v) is 5.32. The molecule has 0 saturated heterocycles. The smallest absolute Gasteiger partial charge is 0.285 e. The molecule has 1 nitrogen and oxygen atoms in total. The Hall–Kier alpha value is -0.960. The molecule has 1 rings (SSSR count). The van der Waals surface area contributed by atoms with Gasteiger partial charge in [-0.25, -0.2) is 0 Å². The van der Waals surface area contributed by atoms with Gasteiger partial charge in [-0.2, -0.15) is 8.78 Å². The SMILES string of the molecule is CC(C)CCC(C)NCC(F)(F)c1ccccc1. The molecule has 0 heterocycles. The summed E-state index contributed by atoms with van der Waals surface area (Å²) >= 11 is 0. The lowest BCUT2D eigenvalue weighted by atomic mass is 10.0. The molecular formula is C15H23F2N. The van der Waals surface area contributed by atoms with E-state index in [1.165, 1.54) is 12.1 Å². The van der Waals surface area contributed by atoms with Gasteiger partial charge < -0.3 is 5.32 Å². The molecule has 0 amide bonds. The Balaban J connectivity index is 2.42. The van der Waals surface area contributed by atoms with Gasteiger partial charge in [0.2, 0.25) is 0 Å². The maximum Gasteiger partial charge on any atom is 0.285 e. The number of halogens is 2. The Morgan fingerprint density at radius 3 is 2.22 bits per heavy atom. The molecule has 102 valence electrons. The van der Waals surface area contributed by atoms with Crippen LogP contribution in [0.2, 0.25) is 0 Å². The molecule has 0 bridgehead atoms. The predicted molar refractivity (Wildman–Crippen MR) is 71.9 cm³/mol. The summed E-state index contributed by atoms with van der Waals surface area (Å²) in [6.45, 7) is 5.95. The Labute approximate surface area is 109 Å². The van der Waals surface area contributed by atoms with Crippen molar-refractivity contribution in [3.63, 3.8) is 0 Å². The van der Waals surface area contributed by atoms with Gasteiger partial charge in [-0.05, 0) is 25.7 Å². The van der Waals surface area contributed by atoms with E-state index in [2.05, 4.69) is 19.2 Å². The highest BCUT2D eigenvalue weighted by Crippen LogP contribution is 2.26. The van der Waals surface area contributed by atoms with Crippen molar-refractivity contribution in [3.8, 4) is 0 Å². The summed E-state index contributed by atoms with van der Waals surface area (Å²) in [4.78, 5) is 0. The van der Waals surface area contributed by atoms with Crippen LogP contribution in [0.4, 0.5) is 8.78 Å². The summed E-state index contributed by atoms with van der Waals surface area (Å²) in [6, 6.07) is 8.11. The molecule has 3 heteroatoms. The quantitative estimate of drug-likeness (QED) is 0.770. The van der Waals surface area contributed by atoms with E-state index >= 15 is 0 Å². The number of benzene rings is 1. The zero-order chi connectivity index (χ0) is 13.6. The Bertz CT molecular complexity index is 336. The predicted octanol–water partition coefficient (Wildman–Crippen LogP) is 4.19. The number of alkyl halides is 2. The summed E-state index contributed by atoms with van der Waals surface area (Å²) in [7, 11) is 0. The minimum atomic E-state index is -2.80. The van der Waals surface area contributed by atoms with Crippen molar-refractivity contribution in [1.29, 1.82) is 0 Å². The normalized spacial score (nSPS) is 13.9. The topological polar surface area (TPSA) is 12.0 Å². The van der Waals surface area contributed by atoms with E-state index in [9.17, 15) is 8.78 Å². The number of rotatable bonds is 7. The molecule has 0 saturated carbocycles. The van der Waals surface area contributed by atoms with E-state index in [1.807, 2.05) is 6.92 Å². The van der Waals surface area contributed by atoms with Crippen molar-refractivity contribution in [2.75, 3.05) is 6.54 Å². The maximum absolute atomic E-state index is 13.9. The van der Waals surface area contributed by atoms with E-state index in [4.69, 9.17) is 0 Å². The lowest BCUT2D eigenvalue weighted by Crippen LogP contribution is -2.36. The van der Waals surface area contributed by atoms with Crippen molar-refractivity contribution in [2.45, 2.75) is 45.6 Å². The highest BCUT2D eigenvalue weighted by Gasteiger charge is 2.31. The lowest BCUT2D eigenvalue weighted by Gasteiger charge is -2.21. The minimum Gasteiger partial charge on any atom is -0.308 e. The summed E-state index contributed by atoms with van der Waals surface area (Å²) in [5, 5.41) is 2.93. The molecule has 0 fully saturated rings. The average Bonchev–Trinajstić information content (AvgIpc) is 2.35. The van der Waals surface area contributed by atoms with Gasteiger partial charge >= 0.3 is 0 Å². The summed E-state index contributed by atoms with van der Waals surface area (Å²) in [6.07, 6.45) is 1.99. The lowest BCUT2D eigenvalue weighted by molar-refractivity contribution is -0.00559. The highest BCUT2D eigenvalue weighted by molar-refractivity contribution is 5.20. The van der Waals surface area contributed by atoms with Gasteiger partial charge in [-0.3, -0.25) is 0 Å².